The molecular weight excluding hydrogens is 442 g/mol. The van der Waals surface area contributed by atoms with Gasteiger partial charge in [-0.15, -0.1) is 0 Å². The first-order valence-electron chi connectivity index (χ1n) is 11.9. The largest absolute Gasteiger partial charge is 0.492 e. The highest BCUT2D eigenvalue weighted by Crippen LogP contribution is 2.25. The van der Waals surface area contributed by atoms with Gasteiger partial charge in [0, 0.05) is 50.8 Å². The molecule has 1 aromatic heterocycles. The predicted octanol–water partition coefficient (Wildman–Crippen LogP) is 3.10. The van der Waals surface area contributed by atoms with Gasteiger partial charge in [-0.2, -0.15) is 0 Å². The summed E-state index contributed by atoms with van der Waals surface area (Å²) < 4.78 is 5.53. The lowest BCUT2D eigenvalue weighted by Gasteiger charge is -2.40. The molecule has 2 amide bonds. The van der Waals surface area contributed by atoms with E-state index in [2.05, 4.69) is 37.6 Å². The average molecular weight is 474 g/mol. The Morgan fingerprint density at radius 2 is 1.69 bits per heavy atom. The summed E-state index contributed by atoms with van der Waals surface area (Å²) in [5.74, 6) is -0.884. The van der Waals surface area contributed by atoms with E-state index in [0.29, 0.717) is 24.6 Å². The fourth-order valence-electron chi connectivity index (χ4n) is 4.26. The maximum atomic E-state index is 12.7. The number of nitrogens with zero attached hydrogens (tertiary/aromatic N) is 3. The molecule has 3 aromatic rings. The first-order chi connectivity index (χ1) is 17.2. The van der Waals surface area contributed by atoms with Gasteiger partial charge in [-0.05, 0) is 42.8 Å². The minimum Gasteiger partial charge on any atom is -0.492 e. The molecule has 0 saturated carbocycles. The van der Waals surface area contributed by atoms with Crippen molar-refractivity contribution in [1.82, 2.24) is 15.2 Å². The molecule has 0 bridgehead atoms. The third-order valence-corrected chi connectivity index (χ3v) is 6.04. The molecule has 1 atom stereocenters. The molecule has 0 spiro atoms. The molecule has 0 aliphatic carbocycles. The lowest BCUT2D eigenvalue weighted by atomic mass is 10.1. The molecule has 1 aliphatic rings. The van der Waals surface area contributed by atoms with E-state index in [-0.39, 0.29) is 6.04 Å². The zero-order valence-corrected chi connectivity index (χ0v) is 19.9. The summed E-state index contributed by atoms with van der Waals surface area (Å²) in [7, 11) is 0. The average Bonchev–Trinajstić information content (AvgIpc) is 2.91. The summed E-state index contributed by atoms with van der Waals surface area (Å²) in [6, 6.07) is 21.2. The zero-order chi connectivity index (χ0) is 24.5. The van der Waals surface area contributed by atoms with E-state index in [9.17, 15) is 9.59 Å². The maximum absolute atomic E-state index is 12.7. The normalized spacial score (nSPS) is 14.7. The lowest BCUT2D eigenvalue weighted by molar-refractivity contribution is -0.136. The van der Waals surface area contributed by atoms with Crippen LogP contribution in [0.15, 0.2) is 79.1 Å². The van der Waals surface area contributed by atoms with Gasteiger partial charge in [0.15, 0.2) is 0 Å². The Balaban J connectivity index is 1.39. The highest BCUT2D eigenvalue weighted by atomic mass is 16.5. The minimum atomic E-state index is -0.726. The van der Waals surface area contributed by atoms with Crippen molar-refractivity contribution < 1.29 is 14.3 Å². The maximum Gasteiger partial charge on any atom is 0.313 e. The van der Waals surface area contributed by atoms with Crippen LogP contribution in [0, 0.1) is 0 Å². The van der Waals surface area contributed by atoms with Gasteiger partial charge < -0.3 is 20.3 Å². The van der Waals surface area contributed by atoms with Gasteiger partial charge in [-0.3, -0.25) is 19.5 Å². The van der Waals surface area contributed by atoms with Crippen molar-refractivity contribution in [2.75, 3.05) is 49.5 Å². The summed E-state index contributed by atoms with van der Waals surface area (Å²) >= 11 is 0. The van der Waals surface area contributed by atoms with Crippen molar-refractivity contribution in [1.29, 1.82) is 0 Å². The SMILES string of the molecule is CCOc1ccccc1NC(=O)C(=O)NC[C@H](c1cccnc1)N1CCN(c2ccccc2)CC1. The van der Waals surface area contributed by atoms with E-state index in [1.54, 1.807) is 24.4 Å². The van der Waals surface area contributed by atoms with E-state index in [1.165, 1.54) is 5.69 Å². The molecule has 2 aromatic carbocycles. The van der Waals surface area contributed by atoms with Crippen LogP contribution in [0.25, 0.3) is 0 Å². The molecule has 2 N–H and O–H groups in total. The topological polar surface area (TPSA) is 86.8 Å². The van der Waals surface area contributed by atoms with Crippen LogP contribution in [0.4, 0.5) is 11.4 Å². The van der Waals surface area contributed by atoms with Crippen LogP contribution in [0.3, 0.4) is 0 Å². The third kappa shape index (κ3) is 6.36. The van der Waals surface area contributed by atoms with Gasteiger partial charge in [0.05, 0.1) is 18.3 Å². The van der Waals surface area contributed by atoms with Gasteiger partial charge in [-0.25, -0.2) is 0 Å². The van der Waals surface area contributed by atoms with Gasteiger partial charge in [0.25, 0.3) is 0 Å². The van der Waals surface area contributed by atoms with Gasteiger partial charge in [0.1, 0.15) is 5.75 Å². The molecule has 182 valence electrons. The number of hydrogen-bond donors (Lipinski definition) is 2. The van der Waals surface area contributed by atoms with Gasteiger partial charge >= 0.3 is 11.8 Å². The predicted molar refractivity (Wildman–Crippen MR) is 136 cm³/mol. The Morgan fingerprint density at radius 1 is 0.943 bits per heavy atom. The van der Waals surface area contributed by atoms with Crippen LogP contribution in [0.1, 0.15) is 18.5 Å². The standard InChI is InChI=1S/C27H31N5O3/c1-2-35-25-13-7-6-12-23(25)30-27(34)26(33)29-20-24(21-9-8-14-28-19-21)32-17-15-31(16-18-32)22-10-4-3-5-11-22/h3-14,19,24H,2,15-18,20H2,1H3,(H,29,33)(H,30,34)/t24-/m1/s1. The van der Waals surface area contributed by atoms with E-state index in [4.69, 9.17) is 4.74 Å². The first kappa shape index (κ1) is 24.2. The van der Waals surface area contributed by atoms with E-state index >= 15 is 0 Å². The summed E-state index contributed by atoms with van der Waals surface area (Å²) in [6.45, 7) is 6.05. The third-order valence-electron chi connectivity index (χ3n) is 6.04. The van der Waals surface area contributed by atoms with Crippen LogP contribution < -0.4 is 20.3 Å². The van der Waals surface area contributed by atoms with Crippen LogP contribution in [-0.2, 0) is 9.59 Å². The number of ether oxygens (including phenoxy) is 1. The Bertz CT molecular complexity index is 1100. The van der Waals surface area contributed by atoms with Crippen molar-refractivity contribution in [3.05, 3.63) is 84.7 Å². The number of rotatable bonds is 8. The fourth-order valence-corrected chi connectivity index (χ4v) is 4.26. The Labute approximate surface area is 205 Å². The molecule has 8 nitrogen and oxygen atoms in total. The van der Waals surface area contributed by atoms with Crippen LogP contribution in [0.2, 0.25) is 0 Å². The van der Waals surface area contributed by atoms with Crippen LogP contribution in [-0.4, -0.2) is 61.0 Å². The van der Waals surface area contributed by atoms with Crippen LogP contribution in [0.5, 0.6) is 5.75 Å². The molecule has 35 heavy (non-hydrogen) atoms. The number of anilines is 2. The second kappa shape index (κ2) is 12.0. The molecule has 0 radical (unpaired) electrons. The number of nitrogens with one attached hydrogen (secondary N) is 2. The summed E-state index contributed by atoms with van der Waals surface area (Å²) in [5, 5.41) is 5.47. The molecule has 1 aliphatic heterocycles. The van der Waals surface area contributed by atoms with E-state index in [0.717, 1.165) is 31.7 Å². The first-order valence-corrected chi connectivity index (χ1v) is 11.9. The summed E-state index contributed by atoms with van der Waals surface area (Å²) in [4.78, 5) is 34.2. The molecular formula is C27H31N5O3. The van der Waals surface area contributed by atoms with Crippen molar-refractivity contribution in [2.45, 2.75) is 13.0 Å². The smallest absolute Gasteiger partial charge is 0.313 e. The number of aromatic nitrogens is 1. The Kier molecular flexibility index (Phi) is 8.30. The molecule has 1 saturated heterocycles. The van der Waals surface area contributed by atoms with E-state index < -0.39 is 11.8 Å². The van der Waals surface area contributed by atoms with Gasteiger partial charge in [-0.1, -0.05) is 36.4 Å². The lowest BCUT2D eigenvalue weighted by Crippen LogP contribution is -2.50. The summed E-state index contributed by atoms with van der Waals surface area (Å²) in [6.07, 6.45) is 3.55. The number of amides is 2. The molecule has 0 unspecified atom stereocenters. The number of piperazine rings is 1. The minimum absolute atomic E-state index is 0.0888. The van der Waals surface area contributed by atoms with Crippen molar-refractivity contribution in [3.8, 4) is 5.75 Å². The molecule has 4 rings (SSSR count). The highest BCUT2D eigenvalue weighted by molar-refractivity contribution is 6.39. The monoisotopic (exact) mass is 473 g/mol. The highest BCUT2D eigenvalue weighted by Gasteiger charge is 2.27. The van der Waals surface area contributed by atoms with Crippen molar-refractivity contribution >= 4 is 23.2 Å². The molecule has 8 heteroatoms. The van der Waals surface area contributed by atoms with Crippen molar-refractivity contribution in [3.63, 3.8) is 0 Å². The zero-order valence-electron chi connectivity index (χ0n) is 19.9. The quantitative estimate of drug-likeness (QED) is 0.489. The van der Waals surface area contributed by atoms with Crippen molar-refractivity contribution in [2.24, 2.45) is 0 Å². The molecule has 1 fully saturated rings. The Morgan fingerprint density at radius 3 is 2.40 bits per heavy atom. The fraction of sp³-hybridized carbons (Fsp3) is 0.296. The number of pyridine rings is 1. The number of carbonyl (C=O) groups is 2. The van der Waals surface area contributed by atoms with Crippen LogP contribution >= 0.6 is 0 Å². The number of para-hydroxylation sites is 3. The van der Waals surface area contributed by atoms with Gasteiger partial charge in [0.2, 0.25) is 0 Å². The second-order valence-corrected chi connectivity index (χ2v) is 8.25. The number of hydrogen-bond acceptors (Lipinski definition) is 6. The number of benzene rings is 2. The van der Waals surface area contributed by atoms with E-state index in [1.807, 2.05) is 49.5 Å². The second-order valence-electron chi connectivity index (χ2n) is 8.25. The summed E-state index contributed by atoms with van der Waals surface area (Å²) in [5.41, 5.74) is 2.68. The Hall–Kier alpha value is -3.91. The molecule has 2 heterocycles. The number of carbonyl (C=O) groups excluding carboxylic acids is 2.